The Kier molecular flexibility index (Phi) is 3.75. The highest BCUT2D eigenvalue weighted by Crippen LogP contribution is 2.21. The Balaban J connectivity index is 1.82. The maximum atomic E-state index is 5.75. The maximum Gasteiger partial charge on any atom is 0.163 e. The van der Waals surface area contributed by atoms with Gasteiger partial charge in [0.05, 0.1) is 18.4 Å². The van der Waals surface area contributed by atoms with E-state index in [4.69, 9.17) is 9.47 Å². The zero-order valence-corrected chi connectivity index (χ0v) is 11.9. The Hall–Kier alpha value is -0.910. The van der Waals surface area contributed by atoms with Crippen molar-refractivity contribution in [3.05, 3.63) is 17.0 Å². The molecule has 0 saturated carbocycles. The Morgan fingerprint density at radius 3 is 2.67 bits per heavy atom. The van der Waals surface area contributed by atoms with Gasteiger partial charge in [0.15, 0.2) is 5.79 Å². The van der Waals surface area contributed by atoms with Crippen molar-refractivity contribution in [2.45, 2.75) is 46.1 Å². The number of nitrogens with one attached hydrogen (secondary N) is 1. The van der Waals surface area contributed by atoms with Gasteiger partial charge in [-0.05, 0) is 27.7 Å². The van der Waals surface area contributed by atoms with E-state index in [9.17, 15) is 0 Å². The fraction of sp³-hybridized carbons (Fsp3) is 0.769. The van der Waals surface area contributed by atoms with Gasteiger partial charge in [-0.3, -0.25) is 4.68 Å². The van der Waals surface area contributed by atoms with Crippen molar-refractivity contribution in [3.63, 3.8) is 0 Å². The molecule has 18 heavy (non-hydrogen) atoms. The molecule has 1 aromatic rings. The van der Waals surface area contributed by atoms with E-state index >= 15 is 0 Å². The molecule has 1 aliphatic heterocycles. The monoisotopic (exact) mass is 253 g/mol. The Morgan fingerprint density at radius 1 is 1.44 bits per heavy atom. The summed E-state index contributed by atoms with van der Waals surface area (Å²) in [4.78, 5) is 0. The van der Waals surface area contributed by atoms with Gasteiger partial charge in [-0.25, -0.2) is 0 Å². The fourth-order valence-corrected chi connectivity index (χ4v) is 2.30. The van der Waals surface area contributed by atoms with Crippen LogP contribution < -0.4 is 5.32 Å². The molecule has 1 saturated heterocycles. The summed E-state index contributed by atoms with van der Waals surface area (Å²) in [7, 11) is 1.97. The van der Waals surface area contributed by atoms with Gasteiger partial charge >= 0.3 is 0 Å². The van der Waals surface area contributed by atoms with Gasteiger partial charge in [0, 0.05) is 31.4 Å². The molecule has 0 aliphatic carbocycles. The Labute approximate surface area is 108 Å². The van der Waals surface area contributed by atoms with Crippen molar-refractivity contribution < 1.29 is 9.47 Å². The molecule has 1 aromatic heterocycles. The molecule has 0 radical (unpaired) electrons. The second kappa shape index (κ2) is 4.99. The number of hydrogen-bond acceptors (Lipinski definition) is 4. The first-order chi connectivity index (χ1) is 8.39. The van der Waals surface area contributed by atoms with E-state index < -0.39 is 5.79 Å². The first kappa shape index (κ1) is 13.5. The van der Waals surface area contributed by atoms with Crippen LogP contribution in [0.4, 0.5) is 0 Å². The van der Waals surface area contributed by atoms with Gasteiger partial charge in [0.2, 0.25) is 0 Å². The molecular weight excluding hydrogens is 230 g/mol. The molecule has 1 unspecified atom stereocenters. The number of hydrogen-bond donors (Lipinski definition) is 1. The normalized spacial score (nSPS) is 22.6. The lowest BCUT2D eigenvalue weighted by atomic mass is 10.2. The standard InChI is InChI=1S/C13H23N3O2/c1-9-12(10(2)16(5)15-9)7-14-6-11-8-17-13(3,4)18-11/h11,14H,6-8H2,1-5H3. The van der Waals surface area contributed by atoms with Crippen molar-refractivity contribution in [1.82, 2.24) is 15.1 Å². The van der Waals surface area contributed by atoms with Crippen molar-refractivity contribution in [2.75, 3.05) is 13.2 Å². The molecule has 102 valence electrons. The zero-order valence-electron chi connectivity index (χ0n) is 11.9. The van der Waals surface area contributed by atoms with E-state index in [0.717, 1.165) is 18.8 Å². The van der Waals surface area contributed by atoms with Crippen molar-refractivity contribution >= 4 is 0 Å². The number of ether oxygens (including phenoxy) is 2. The minimum absolute atomic E-state index is 0.136. The number of nitrogens with zero attached hydrogens (tertiary/aromatic N) is 2. The molecule has 2 rings (SSSR count). The highest BCUT2D eigenvalue weighted by atomic mass is 16.7. The van der Waals surface area contributed by atoms with Crippen LogP contribution >= 0.6 is 0 Å². The lowest BCUT2D eigenvalue weighted by Crippen LogP contribution is -2.30. The smallest absolute Gasteiger partial charge is 0.163 e. The molecule has 0 spiro atoms. The van der Waals surface area contributed by atoms with Crippen LogP contribution in [0.15, 0.2) is 0 Å². The summed E-state index contributed by atoms with van der Waals surface area (Å²) in [5.74, 6) is -0.438. The lowest BCUT2D eigenvalue weighted by molar-refractivity contribution is -0.137. The second-order valence-electron chi connectivity index (χ2n) is 5.35. The fourth-order valence-electron chi connectivity index (χ4n) is 2.30. The number of aryl methyl sites for hydroxylation is 2. The van der Waals surface area contributed by atoms with Gasteiger partial charge in [0.25, 0.3) is 0 Å². The molecule has 0 aromatic carbocycles. The third-order valence-corrected chi connectivity index (χ3v) is 3.40. The highest BCUT2D eigenvalue weighted by Gasteiger charge is 2.32. The number of aromatic nitrogens is 2. The van der Waals surface area contributed by atoms with Gasteiger partial charge in [-0.15, -0.1) is 0 Å². The minimum atomic E-state index is -0.438. The summed E-state index contributed by atoms with van der Waals surface area (Å²) in [6.07, 6.45) is 0.136. The van der Waals surface area contributed by atoms with Gasteiger partial charge < -0.3 is 14.8 Å². The molecule has 1 atom stereocenters. The van der Waals surface area contributed by atoms with Crippen LogP contribution in [0.3, 0.4) is 0 Å². The van der Waals surface area contributed by atoms with Crippen LogP contribution in [0.2, 0.25) is 0 Å². The van der Waals surface area contributed by atoms with Crippen molar-refractivity contribution in [1.29, 1.82) is 0 Å². The van der Waals surface area contributed by atoms with Crippen LogP contribution in [0.5, 0.6) is 0 Å². The van der Waals surface area contributed by atoms with Gasteiger partial charge in [-0.1, -0.05) is 0 Å². The van der Waals surface area contributed by atoms with Crippen LogP contribution in [0.25, 0.3) is 0 Å². The van der Waals surface area contributed by atoms with Crippen LogP contribution in [0.1, 0.15) is 30.8 Å². The molecule has 5 heteroatoms. The molecule has 2 heterocycles. The van der Waals surface area contributed by atoms with Gasteiger partial charge in [0.1, 0.15) is 0 Å². The lowest BCUT2D eigenvalue weighted by Gasteiger charge is -2.17. The van der Waals surface area contributed by atoms with Gasteiger partial charge in [-0.2, -0.15) is 5.10 Å². The second-order valence-corrected chi connectivity index (χ2v) is 5.35. The molecule has 0 bridgehead atoms. The van der Waals surface area contributed by atoms with Crippen molar-refractivity contribution in [3.8, 4) is 0 Å². The third kappa shape index (κ3) is 2.91. The summed E-state index contributed by atoms with van der Waals surface area (Å²) < 4.78 is 13.2. The molecule has 5 nitrogen and oxygen atoms in total. The van der Waals surface area contributed by atoms with Crippen LogP contribution in [0, 0.1) is 13.8 Å². The van der Waals surface area contributed by atoms with E-state index in [2.05, 4.69) is 17.3 Å². The summed E-state index contributed by atoms with van der Waals surface area (Å²) in [5.41, 5.74) is 3.58. The zero-order chi connectivity index (χ0) is 13.3. The van der Waals surface area contributed by atoms with E-state index in [1.165, 1.54) is 11.3 Å². The first-order valence-corrected chi connectivity index (χ1v) is 6.40. The molecular formula is C13H23N3O2. The van der Waals surface area contributed by atoms with E-state index in [0.29, 0.717) is 6.61 Å². The average Bonchev–Trinajstić information content (AvgIpc) is 2.73. The van der Waals surface area contributed by atoms with Crippen molar-refractivity contribution in [2.24, 2.45) is 7.05 Å². The maximum absolute atomic E-state index is 5.75. The molecule has 1 fully saturated rings. The topological polar surface area (TPSA) is 48.3 Å². The minimum Gasteiger partial charge on any atom is -0.348 e. The molecule has 0 amide bonds. The summed E-state index contributed by atoms with van der Waals surface area (Å²) in [6, 6.07) is 0. The largest absolute Gasteiger partial charge is 0.348 e. The first-order valence-electron chi connectivity index (χ1n) is 6.40. The SMILES string of the molecule is Cc1nn(C)c(C)c1CNCC1COC(C)(C)O1. The Morgan fingerprint density at radius 2 is 2.17 bits per heavy atom. The summed E-state index contributed by atoms with van der Waals surface area (Å²) >= 11 is 0. The quantitative estimate of drug-likeness (QED) is 0.878. The van der Waals surface area contributed by atoms with E-state index in [-0.39, 0.29) is 6.10 Å². The molecule has 1 aliphatic rings. The third-order valence-electron chi connectivity index (χ3n) is 3.40. The predicted octanol–water partition coefficient (Wildman–Crippen LogP) is 1.28. The van der Waals surface area contributed by atoms with Crippen LogP contribution in [-0.4, -0.2) is 34.8 Å². The van der Waals surface area contributed by atoms with E-state index in [1.54, 1.807) is 0 Å². The Bertz CT molecular complexity index is 426. The highest BCUT2D eigenvalue weighted by molar-refractivity contribution is 5.23. The number of rotatable bonds is 4. The average molecular weight is 253 g/mol. The summed E-state index contributed by atoms with van der Waals surface area (Å²) in [6.45, 7) is 10.3. The molecule has 1 N–H and O–H groups in total. The van der Waals surface area contributed by atoms with E-state index in [1.807, 2.05) is 32.5 Å². The van der Waals surface area contributed by atoms with Crippen LogP contribution in [-0.2, 0) is 23.1 Å². The predicted molar refractivity (Wildman–Crippen MR) is 69.3 cm³/mol. The summed E-state index contributed by atoms with van der Waals surface area (Å²) in [5, 5.41) is 7.82.